The SMILES string of the molecule is CCN(CC)C(CNC(=O)c1ccc(N2C(=O)C(C)(C)CS2(=O)=O)cc1)c1ccco1. The molecule has 9 heteroatoms. The number of hydrogen-bond donors (Lipinski definition) is 1. The Bertz CT molecular complexity index is 1030. The topological polar surface area (TPSA) is 99.9 Å². The van der Waals surface area contributed by atoms with E-state index >= 15 is 0 Å². The van der Waals surface area contributed by atoms with Crippen LogP contribution in [0.25, 0.3) is 0 Å². The molecular weight excluding hydrogens is 418 g/mol. The highest BCUT2D eigenvalue weighted by Gasteiger charge is 2.49. The lowest BCUT2D eigenvalue weighted by Crippen LogP contribution is -2.38. The highest BCUT2D eigenvalue weighted by molar-refractivity contribution is 7.94. The fourth-order valence-corrected chi connectivity index (χ4v) is 5.96. The van der Waals surface area contributed by atoms with Crippen molar-refractivity contribution in [2.24, 2.45) is 5.41 Å². The number of furan rings is 1. The van der Waals surface area contributed by atoms with Gasteiger partial charge in [-0.25, -0.2) is 12.7 Å². The summed E-state index contributed by atoms with van der Waals surface area (Å²) >= 11 is 0. The Morgan fingerprint density at radius 3 is 2.32 bits per heavy atom. The van der Waals surface area contributed by atoms with Gasteiger partial charge in [0.2, 0.25) is 15.9 Å². The third-order valence-electron chi connectivity index (χ3n) is 5.53. The van der Waals surface area contributed by atoms with E-state index in [1.807, 2.05) is 12.1 Å². The van der Waals surface area contributed by atoms with Crippen LogP contribution in [0.4, 0.5) is 5.69 Å². The molecule has 0 spiro atoms. The minimum atomic E-state index is -3.72. The van der Waals surface area contributed by atoms with Gasteiger partial charge in [-0.05, 0) is 63.3 Å². The van der Waals surface area contributed by atoms with Crippen LogP contribution in [0.15, 0.2) is 47.1 Å². The first-order chi connectivity index (χ1) is 14.6. The summed E-state index contributed by atoms with van der Waals surface area (Å²) in [6.45, 7) is 9.30. The van der Waals surface area contributed by atoms with Gasteiger partial charge in [0.25, 0.3) is 5.91 Å². The van der Waals surface area contributed by atoms with E-state index in [0.29, 0.717) is 12.1 Å². The third-order valence-corrected chi connectivity index (χ3v) is 7.55. The molecule has 1 fully saturated rings. The number of anilines is 1. The van der Waals surface area contributed by atoms with Crippen molar-refractivity contribution in [1.82, 2.24) is 10.2 Å². The van der Waals surface area contributed by atoms with Crippen molar-refractivity contribution in [1.29, 1.82) is 0 Å². The monoisotopic (exact) mass is 447 g/mol. The van der Waals surface area contributed by atoms with Gasteiger partial charge >= 0.3 is 0 Å². The van der Waals surface area contributed by atoms with E-state index in [1.165, 1.54) is 24.3 Å². The van der Waals surface area contributed by atoms with Crippen LogP contribution < -0.4 is 9.62 Å². The molecule has 0 radical (unpaired) electrons. The summed E-state index contributed by atoms with van der Waals surface area (Å²) in [5, 5.41) is 2.92. The van der Waals surface area contributed by atoms with Crippen molar-refractivity contribution >= 4 is 27.5 Å². The van der Waals surface area contributed by atoms with Crippen molar-refractivity contribution in [2.45, 2.75) is 33.7 Å². The number of rotatable bonds is 8. The second kappa shape index (κ2) is 8.84. The molecule has 0 bridgehead atoms. The molecule has 1 unspecified atom stereocenters. The van der Waals surface area contributed by atoms with E-state index in [-0.39, 0.29) is 23.4 Å². The number of carbonyl (C=O) groups excluding carboxylic acids is 2. The van der Waals surface area contributed by atoms with Crippen molar-refractivity contribution in [3.63, 3.8) is 0 Å². The van der Waals surface area contributed by atoms with Crippen LogP contribution >= 0.6 is 0 Å². The van der Waals surface area contributed by atoms with Crippen LogP contribution in [0.1, 0.15) is 49.9 Å². The first-order valence-electron chi connectivity index (χ1n) is 10.3. The van der Waals surface area contributed by atoms with Crippen LogP contribution in [0, 0.1) is 5.41 Å². The Kier molecular flexibility index (Phi) is 6.56. The fourth-order valence-electron chi connectivity index (χ4n) is 3.86. The molecule has 1 N–H and O–H groups in total. The maximum atomic E-state index is 12.7. The average Bonchev–Trinajstić information content (AvgIpc) is 3.29. The van der Waals surface area contributed by atoms with Gasteiger partial charge in [0.1, 0.15) is 5.76 Å². The molecule has 8 nitrogen and oxygen atoms in total. The molecule has 0 aliphatic carbocycles. The highest BCUT2D eigenvalue weighted by Crippen LogP contribution is 2.35. The minimum absolute atomic E-state index is 0.0946. The Morgan fingerprint density at radius 1 is 1.19 bits per heavy atom. The summed E-state index contributed by atoms with van der Waals surface area (Å²) in [6, 6.07) is 9.64. The molecule has 31 heavy (non-hydrogen) atoms. The number of amides is 2. The van der Waals surface area contributed by atoms with Crippen LogP contribution in [0.2, 0.25) is 0 Å². The van der Waals surface area contributed by atoms with Crippen molar-refractivity contribution < 1.29 is 22.4 Å². The Morgan fingerprint density at radius 2 is 1.84 bits per heavy atom. The average molecular weight is 448 g/mol. The molecule has 1 aromatic carbocycles. The number of benzene rings is 1. The van der Waals surface area contributed by atoms with Gasteiger partial charge in [0.15, 0.2) is 0 Å². The van der Waals surface area contributed by atoms with Crippen LogP contribution in [-0.2, 0) is 14.8 Å². The molecule has 1 atom stereocenters. The Hall–Kier alpha value is -2.65. The summed E-state index contributed by atoms with van der Waals surface area (Å²) in [5.74, 6) is -0.211. The molecule has 2 amide bonds. The largest absolute Gasteiger partial charge is 0.468 e. The lowest BCUT2D eigenvalue weighted by Gasteiger charge is -2.28. The van der Waals surface area contributed by atoms with Gasteiger partial charge in [-0.1, -0.05) is 13.8 Å². The van der Waals surface area contributed by atoms with Gasteiger partial charge in [0, 0.05) is 12.1 Å². The molecule has 2 aromatic rings. The maximum absolute atomic E-state index is 12.7. The molecule has 1 aromatic heterocycles. The maximum Gasteiger partial charge on any atom is 0.251 e. The number of sulfonamides is 1. The van der Waals surface area contributed by atoms with E-state index in [2.05, 4.69) is 24.1 Å². The van der Waals surface area contributed by atoms with Crippen molar-refractivity contribution in [3.05, 3.63) is 54.0 Å². The molecule has 2 heterocycles. The molecule has 1 aliphatic heterocycles. The normalized spacial score (nSPS) is 18.4. The summed E-state index contributed by atoms with van der Waals surface area (Å²) in [4.78, 5) is 27.4. The van der Waals surface area contributed by atoms with E-state index in [0.717, 1.165) is 23.2 Å². The number of likely N-dealkylation sites (N-methyl/N-ethyl adjacent to an activating group) is 1. The summed E-state index contributed by atoms with van der Waals surface area (Å²) in [6.07, 6.45) is 1.61. The molecule has 1 aliphatic rings. The van der Waals surface area contributed by atoms with Crippen LogP contribution in [0.5, 0.6) is 0 Å². The lowest BCUT2D eigenvalue weighted by molar-refractivity contribution is -0.123. The second-order valence-corrected chi connectivity index (χ2v) is 10.0. The first-order valence-corrected chi connectivity index (χ1v) is 11.9. The third kappa shape index (κ3) is 4.67. The summed E-state index contributed by atoms with van der Waals surface area (Å²) < 4.78 is 31.2. The van der Waals surface area contributed by atoms with Crippen LogP contribution in [0.3, 0.4) is 0 Å². The standard InChI is InChI=1S/C22H29N3O5S/c1-5-24(6-2)18(19-8-7-13-30-19)14-23-20(26)16-9-11-17(12-10-16)25-21(27)22(3,4)15-31(25,28)29/h7-13,18H,5-6,14-15H2,1-4H3,(H,23,26). The van der Waals surface area contributed by atoms with Gasteiger partial charge in [-0.3, -0.25) is 14.5 Å². The highest BCUT2D eigenvalue weighted by atomic mass is 32.2. The van der Waals surface area contributed by atoms with Crippen molar-refractivity contribution in [2.75, 3.05) is 29.7 Å². The quantitative estimate of drug-likeness (QED) is 0.668. The zero-order valence-electron chi connectivity index (χ0n) is 18.3. The van der Waals surface area contributed by atoms with Crippen LogP contribution in [-0.4, -0.2) is 50.5 Å². The number of hydrogen-bond acceptors (Lipinski definition) is 6. The smallest absolute Gasteiger partial charge is 0.251 e. The zero-order chi connectivity index (χ0) is 22.8. The lowest BCUT2D eigenvalue weighted by atomic mass is 9.95. The van der Waals surface area contributed by atoms with E-state index < -0.39 is 21.3 Å². The number of carbonyl (C=O) groups is 2. The van der Waals surface area contributed by atoms with Crippen molar-refractivity contribution in [3.8, 4) is 0 Å². The Balaban J connectivity index is 1.73. The number of nitrogens with one attached hydrogen (secondary N) is 1. The fraction of sp³-hybridized carbons (Fsp3) is 0.455. The minimum Gasteiger partial charge on any atom is -0.468 e. The summed E-state index contributed by atoms with van der Waals surface area (Å²) in [5.41, 5.74) is -0.353. The predicted molar refractivity (Wildman–Crippen MR) is 118 cm³/mol. The first kappa shape index (κ1) is 23.0. The molecule has 168 valence electrons. The van der Waals surface area contributed by atoms with Gasteiger partial charge in [-0.15, -0.1) is 0 Å². The van der Waals surface area contributed by atoms with Gasteiger partial charge in [-0.2, -0.15) is 0 Å². The van der Waals surface area contributed by atoms with E-state index in [9.17, 15) is 18.0 Å². The Labute approximate surface area is 183 Å². The van der Waals surface area contributed by atoms with Gasteiger partial charge in [0.05, 0.1) is 29.2 Å². The molecule has 3 rings (SSSR count). The van der Waals surface area contributed by atoms with E-state index in [4.69, 9.17) is 4.42 Å². The van der Waals surface area contributed by atoms with E-state index in [1.54, 1.807) is 20.1 Å². The zero-order valence-corrected chi connectivity index (χ0v) is 19.1. The molecule has 1 saturated heterocycles. The van der Waals surface area contributed by atoms with Gasteiger partial charge < -0.3 is 9.73 Å². The second-order valence-electron chi connectivity index (χ2n) is 8.22. The molecule has 0 saturated carbocycles. The summed E-state index contributed by atoms with van der Waals surface area (Å²) in [7, 11) is -3.72. The number of nitrogens with zero attached hydrogens (tertiary/aromatic N) is 2. The molecular formula is C22H29N3O5S. The predicted octanol–water partition coefficient (Wildman–Crippen LogP) is 2.80.